The van der Waals surface area contributed by atoms with Gasteiger partial charge in [-0.25, -0.2) is 0 Å². The second-order valence-electron chi connectivity index (χ2n) is 9.26. The van der Waals surface area contributed by atoms with Gasteiger partial charge < -0.3 is 0 Å². The first-order valence-corrected chi connectivity index (χ1v) is 18.8. The molecule has 0 spiro atoms. The monoisotopic (exact) mass is 486 g/mol. The predicted octanol–water partition coefficient (Wildman–Crippen LogP) is 7.81. The summed E-state index contributed by atoms with van der Waals surface area (Å²) in [5, 5.41) is 0. The van der Waals surface area contributed by atoms with Crippen LogP contribution in [0.4, 0.5) is 0 Å². The van der Waals surface area contributed by atoms with Crippen molar-refractivity contribution in [1.82, 2.24) is 0 Å². The average Bonchev–Trinajstić information content (AvgIpc) is 3.49. The minimum atomic E-state index is -1.61. The van der Waals surface area contributed by atoms with Crippen LogP contribution >= 0.6 is 22.7 Å². The van der Waals surface area contributed by atoms with Gasteiger partial charge in [0, 0.05) is 9.75 Å². The maximum Gasteiger partial charge on any atom is 0.117 e. The lowest BCUT2D eigenvalue weighted by molar-refractivity contribution is 1.66. The summed E-state index contributed by atoms with van der Waals surface area (Å²) in [5.74, 6) is 0. The fraction of sp³-hybridized carbons (Fsp3) is 0.143. The zero-order valence-electron chi connectivity index (χ0n) is 19.2. The minimum absolute atomic E-state index is 1.28. The fourth-order valence-corrected chi connectivity index (χ4v) is 10.9. The zero-order chi connectivity index (χ0) is 22.6. The van der Waals surface area contributed by atoms with E-state index in [0.29, 0.717) is 0 Å². The third-order valence-electron chi connectivity index (χ3n) is 5.71. The van der Waals surface area contributed by atoms with Crippen molar-refractivity contribution in [2.75, 3.05) is 0 Å². The molecule has 0 N–H and O–H groups in total. The van der Waals surface area contributed by atoms with Crippen molar-refractivity contribution < 1.29 is 0 Å². The van der Waals surface area contributed by atoms with Crippen LogP contribution in [0.3, 0.4) is 0 Å². The van der Waals surface area contributed by atoms with Crippen LogP contribution in [-0.2, 0) is 0 Å². The first kappa shape index (κ1) is 22.9. The normalized spacial score (nSPS) is 12.8. The summed E-state index contributed by atoms with van der Waals surface area (Å²) in [6, 6.07) is 30.6. The van der Waals surface area contributed by atoms with E-state index in [0.717, 1.165) is 0 Å². The number of benzene rings is 2. The van der Waals surface area contributed by atoms with E-state index >= 15 is 0 Å². The first-order chi connectivity index (χ1) is 15.3. The Morgan fingerprint density at radius 3 is 1.25 bits per heavy atom. The van der Waals surface area contributed by atoms with Crippen LogP contribution in [0, 0.1) is 0 Å². The van der Waals surface area contributed by atoms with Gasteiger partial charge >= 0.3 is 0 Å². The molecule has 0 nitrogen and oxygen atoms in total. The molecule has 4 aromatic rings. The van der Waals surface area contributed by atoms with Crippen molar-refractivity contribution in [3.63, 3.8) is 0 Å². The van der Waals surface area contributed by atoms with Crippen LogP contribution in [0.15, 0.2) is 96.3 Å². The van der Waals surface area contributed by atoms with E-state index in [-0.39, 0.29) is 0 Å². The highest BCUT2D eigenvalue weighted by atomic mass is 32.1. The van der Waals surface area contributed by atoms with Gasteiger partial charge in [0.2, 0.25) is 0 Å². The predicted molar refractivity (Wildman–Crippen MR) is 153 cm³/mol. The highest BCUT2D eigenvalue weighted by Gasteiger charge is 2.25. The molecule has 0 amide bonds. The molecule has 0 aliphatic rings. The molecule has 0 saturated heterocycles. The molecule has 0 aliphatic carbocycles. The molecule has 2 aromatic carbocycles. The summed E-state index contributed by atoms with van der Waals surface area (Å²) in [4.78, 5) is 2.81. The number of hydrogen-bond donors (Lipinski definition) is 0. The molecular formula is C28H30S2Si2. The Bertz CT molecular complexity index is 1110. The second-order valence-corrected chi connectivity index (χ2v) is 20.8. The Morgan fingerprint density at radius 1 is 0.500 bits per heavy atom. The Morgan fingerprint density at radius 2 is 0.875 bits per heavy atom. The molecule has 0 bridgehead atoms. The van der Waals surface area contributed by atoms with Crippen LogP contribution in [0.2, 0.25) is 26.2 Å². The van der Waals surface area contributed by atoms with Gasteiger partial charge in [-0.1, -0.05) is 123 Å². The molecule has 0 radical (unpaired) electrons. The molecular weight excluding hydrogens is 457 g/mol. The van der Waals surface area contributed by atoms with Gasteiger partial charge in [-0.15, -0.1) is 22.7 Å². The Hall–Kier alpha value is -2.25. The largest absolute Gasteiger partial charge is 0.144 e. The second kappa shape index (κ2) is 9.71. The van der Waals surface area contributed by atoms with Crippen LogP contribution < -0.4 is 9.00 Å². The summed E-state index contributed by atoms with van der Waals surface area (Å²) in [7, 11) is -3.23. The van der Waals surface area contributed by atoms with E-state index in [9.17, 15) is 0 Å². The van der Waals surface area contributed by atoms with Gasteiger partial charge in [-0.2, -0.15) is 0 Å². The van der Waals surface area contributed by atoms with Gasteiger partial charge in [-0.05, 0) is 32.3 Å². The van der Waals surface area contributed by atoms with Crippen molar-refractivity contribution in [1.29, 1.82) is 0 Å². The Kier molecular flexibility index (Phi) is 6.96. The van der Waals surface area contributed by atoms with Gasteiger partial charge in [0.1, 0.15) is 16.1 Å². The highest BCUT2D eigenvalue weighted by molar-refractivity contribution is 7.34. The lowest BCUT2D eigenvalue weighted by atomic mass is 10.2. The Balaban J connectivity index is 1.51. The van der Waals surface area contributed by atoms with Crippen LogP contribution in [-0.4, -0.2) is 16.1 Å². The fourth-order valence-electron chi connectivity index (χ4n) is 3.53. The van der Waals surface area contributed by atoms with E-state index in [4.69, 9.17) is 0 Å². The third-order valence-corrected chi connectivity index (χ3v) is 16.3. The minimum Gasteiger partial charge on any atom is -0.144 e. The van der Waals surface area contributed by atoms with Crippen LogP contribution in [0.5, 0.6) is 0 Å². The van der Waals surface area contributed by atoms with Crippen molar-refractivity contribution in [2.45, 2.75) is 26.2 Å². The summed E-state index contributed by atoms with van der Waals surface area (Å²) in [5.41, 5.74) is 7.48. The SMILES string of the molecule is C[Si](C)(/C=C/c1ccccc1)c1ccc(-c2ccc([Si](C)(C)/C=C/c3ccccc3)s2)s1. The molecule has 32 heavy (non-hydrogen) atoms. The molecule has 0 atom stereocenters. The molecule has 0 saturated carbocycles. The van der Waals surface area contributed by atoms with E-state index in [1.165, 1.54) is 29.9 Å². The van der Waals surface area contributed by atoms with Crippen LogP contribution in [0.25, 0.3) is 21.9 Å². The Labute approximate surface area is 202 Å². The van der Waals surface area contributed by atoms with E-state index in [2.05, 4.69) is 135 Å². The average molecular weight is 487 g/mol. The summed E-state index contributed by atoms with van der Waals surface area (Å²) < 4.78 is 3.07. The van der Waals surface area contributed by atoms with Gasteiger partial charge in [0.05, 0.1) is 0 Å². The van der Waals surface area contributed by atoms with Crippen molar-refractivity contribution in [2.24, 2.45) is 0 Å². The maximum absolute atomic E-state index is 2.46. The molecule has 4 rings (SSSR count). The van der Waals surface area contributed by atoms with E-state index < -0.39 is 16.1 Å². The highest BCUT2D eigenvalue weighted by Crippen LogP contribution is 2.30. The number of rotatable bonds is 7. The standard InChI is InChI=1S/C28H30S2Si2/c1-31(2,21-19-23-11-7-5-8-12-23)27-17-15-25(29-27)26-16-18-28(30-26)32(3,4)22-20-24-13-9-6-10-14-24/h5-22H,1-4H3/b21-19+,22-20+. The first-order valence-electron chi connectivity index (χ1n) is 11.0. The molecule has 0 aliphatic heterocycles. The third kappa shape index (κ3) is 5.56. The zero-order valence-corrected chi connectivity index (χ0v) is 22.8. The summed E-state index contributed by atoms with van der Waals surface area (Å²) >= 11 is 3.96. The smallest absolute Gasteiger partial charge is 0.117 e. The van der Waals surface area contributed by atoms with Crippen molar-refractivity contribution in [3.8, 4) is 9.75 Å². The quantitative estimate of drug-likeness (QED) is 0.234. The molecule has 0 fully saturated rings. The molecule has 2 heterocycles. The molecule has 2 aromatic heterocycles. The van der Waals surface area contributed by atoms with Gasteiger partial charge in [0.15, 0.2) is 0 Å². The van der Waals surface area contributed by atoms with Crippen molar-refractivity contribution >= 4 is 60.0 Å². The topological polar surface area (TPSA) is 0 Å². The molecule has 4 heteroatoms. The number of thiophene rings is 2. The summed E-state index contributed by atoms with van der Waals surface area (Å²) in [6.45, 7) is 9.75. The van der Waals surface area contributed by atoms with E-state index in [1.54, 1.807) is 0 Å². The van der Waals surface area contributed by atoms with Gasteiger partial charge in [0.25, 0.3) is 0 Å². The lowest BCUT2D eigenvalue weighted by Crippen LogP contribution is -2.37. The van der Waals surface area contributed by atoms with E-state index in [1.807, 2.05) is 22.7 Å². The molecule has 0 unspecified atom stereocenters. The molecule has 162 valence electrons. The lowest BCUT2D eigenvalue weighted by Gasteiger charge is -2.15. The van der Waals surface area contributed by atoms with Gasteiger partial charge in [-0.3, -0.25) is 0 Å². The number of hydrogen-bond acceptors (Lipinski definition) is 2. The van der Waals surface area contributed by atoms with Crippen molar-refractivity contribution in [3.05, 3.63) is 107 Å². The summed E-state index contributed by atoms with van der Waals surface area (Å²) in [6.07, 6.45) is 4.59. The maximum atomic E-state index is 2.46. The van der Waals surface area contributed by atoms with Crippen LogP contribution in [0.1, 0.15) is 11.1 Å².